The number of β-amino-alcohol motifs (C(OH)–C–C–N with tert-alkyl or cyclic N) is 1. The monoisotopic (exact) mass is 513 g/mol. The van der Waals surface area contributed by atoms with Crippen molar-refractivity contribution in [3.63, 3.8) is 0 Å². The van der Waals surface area contributed by atoms with Crippen LogP contribution in [0.2, 0.25) is 5.02 Å². The average Bonchev–Trinajstić information content (AvgIpc) is 3.33. The third kappa shape index (κ3) is 6.72. The number of ether oxygens (including phenoxy) is 3. The number of likely N-dealkylation sites (tertiary alicyclic amines) is 1. The van der Waals surface area contributed by atoms with E-state index in [9.17, 15) is 5.11 Å². The lowest BCUT2D eigenvalue weighted by Gasteiger charge is -2.39. The Morgan fingerprint density at radius 3 is 2.78 bits per heavy atom. The van der Waals surface area contributed by atoms with Crippen LogP contribution in [0.15, 0.2) is 48.8 Å². The van der Waals surface area contributed by atoms with E-state index in [0.29, 0.717) is 42.6 Å². The Morgan fingerprint density at radius 1 is 1.11 bits per heavy atom. The van der Waals surface area contributed by atoms with E-state index in [-0.39, 0.29) is 6.61 Å². The highest BCUT2D eigenvalue weighted by atomic mass is 35.5. The quantitative estimate of drug-likeness (QED) is 0.393. The Labute approximate surface area is 218 Å². The van der Waals surface area contributed by atoms with Crippen molar-refractivity contribution in [2.24, 2.45) is 0 Å². The summed E-state index contributed by atoms with van der Waals surface area (Å²) < 4.78 is 19.7. The van der Waals surface area contributed by atoms with E-state index < -0.39 is 5.60 Å². The van der Waals surface area contributed by atoms with Gasteiger partial charge in [-0.15, -0.1) is 0 Å². The molecule has 0 radical (unpaired) electrons. The van der Waals surface area contributed by atoms with E-state index in [4.69, 9.17) is 25.8 Å². The number of hydrogen-bond donors (Lipinski definition) is 1. The standard InChI is InChI=1S/C28H36ClN3O4/c1-4-27-30-11-13-32(27)14-15-35-24-9-7-22(17-26(24)34-3)18-31-12-5-10-28(33,19-31)20-36-25-16-21(2)6-8-23(25)29/h6-9,11,13,16-17,33H,4-5,10,12,14-15,18-20H2,1-3H3/t28-/m1/s1. The van der Waals surface area contributed by atoms with Crippen molar-refractivity contribution < 1.29 is 19.3 Å². The van der Waals surface area contributed by atoms with Crippen molar-refractivity contribution in [2.45, 2.75) is 51.8 Å². The molecule has 194 valence electrons. The van der Waals surface area contributed by atoms with Gasteiger partial charge in [-0.2, -0.15) is 0 Å². The average molecular weight is 514 g/mol. The normalized spacial score (nSPS) is 18.2. The molecule has 0 bridgehead atoms. The molecule has 2 heterocycles. The van der Waals surface area contributed by atoms with E-state index in [0.717, 1.165) is 48.6 Å². The lowest BCUT2D eigenvalue weighted by molar-refractivity contribution is -0.0621. The first-order valence-electron chi connectivity index (χ1n) is 12.5. The Morgan fingerprint density at radius 2 is 1.97 bits per heavy atom. The number of benzene rings is 2. The zero-order valence-electron chi connectivity index (χ0n) is 21.4. The molecule has 8 heteroatoms. The zero-order chi connectivity index (χ0) is 25.5. The minimum Gasteiger partial charge on any atom is -0.493 e. The summed E-state index contributed by atoms with van der Waals surface area (Å²) in [4.78, 5) is 6.61. The lowest BCUT2D eigenvalue weighted by Crippen LogP contribution is -2.51. The minimum absolute atomic E-state index is 0.208. The molecule has 7 nitrogen and oxygen atoms in total. The van der Waals surface area contributed by atoms with Crippen molar-refractivity contribution in [3.8, 4) is 17.2 Å². The molecule has 0 amide bonds. The second-order valence-corrected chi connectivity index (χ2v) is 9.89. The summed E-state index contributed by atoms with van der Waals surface area (Å²) in [7, 11) is 1.66. The van der Waals surface area contributed by atoms with Crippen molar-refractivity contribution >= 4 is 11.6 Å². The van der Waals surface area contributed by atoms with E-state index in [1.165, 1.54) is 0 Å². The van der Waals surface area contributed by atoms with Crippen molar-refractivity contribution in [1.29, 1.82) is 0 Å². The number of hydrogen-bond acceptors (Lipinski definition) is 6. The summed E-state index contributed by atoms with van der Waals surface area (Å²) in [6.07, 6.45) is 6.28. The fraction of sp³-hybridized carbons (Fsp3) is 0.464. The highest BCUT2D eigenvalue weighted by Gasteiger charge is 2.34. The summed E-state index contributed by atoms with van der Waals surface area (Å²) in [5, 5.41) is 11.8. The molecular weight excluding hydrogens is 478 g/mol. The molecule has 1 saturated heterocycles. The van der Waals surface area contributed by atoms with Crippen LogP contribution in [0.4, 0.5) is 0 Å². The first kappa shape index (κ1) is 26.3. The van der Waals surface area contributed by atoms with Crippen LogP contribution >= 0.6 is 11.6 Å². The summed E-state index contributed by atoms with van der Waals surface area (Å²) >= 11 is 6.26. The van der Waals surface area contributed by atoms with Gasteiger partial charge >= 0.3 is 0 Å². The second kappa shape index (κ2) is 12.0. The number of aryl methyl sites for hydroxylation is 2. The van der Waals surface area contributed by atoms with Gasteiger partial charge in [-0.3, -0.25) is 4.90 Å². The van der Waals surface area contributed by atoms with Crippen LogP contribution in [0, 0.1) is 6.92 Å². The smallest absolute Gasteiger partial charge is 0.161 e. The van der Waals surface area contributed by atoms with Gasteiger partial charge in [0.05, 0.1) is 18.7 Å². The van der Waals surface area contributed by atoms with E-state index in [1.54, 1.807) is 7.11 Å². The number of piperidine rings is 1. The van der Waals surface area contributed by atoms with E-state index in [2.05, 4.69) is 27.4 Å². The highest BCUT2D eigenvalue weighted by molar-refractivity contribution is 6.32. The maximum atomic E-state index is 11.2. The zero-order valence-corrected chi connectivity index (χ0v) is 22.1. The molecule has 1 N–H and O–H groups in total. The van der Waals surface area contributed by atoms with Crippen molar-refractivity contribution in [3.05, 3.63) is 70.8 Å². The SMILES string of the molecule is CCc1nccn1CCOc1ccc(CN2CCC[C@](O)(COc3cc(C)ccc3Cl)C2)cc1OC. The maximum Gasteiger partial charge on any atom is 0.161 e. The number of aliphatic hydroxyl groups is 1. The van der Waals surface area contributed by atoms with Gasteiger partial charge in [0.15, 0.2) is 11.5 Å². The van der Waals surface area contributed by atoms with Crippen molar-refractivity contribution in [2.75, 3.05) is 33.4 Å². The third-order valence-corrected chi connectivity index (χ3v) is 6.87. The second-order valence-electron chi connectivity index (χ2n) is 9.49. The molecule has 4 rings (SSSR count). The summed E-state index contributed by atoms with van der Waals surface area (Å²) in [5.74, 6) is 3.09. The van der Waals surface area contributed by atoms with Gasteiger partial charge in [-0.1, -0.05) is 30.7 Å². The van der Waals surface area contributed by atoms with Crippen LogP contribution in [0.25, 0.3) is 0 Å². The summed E-state index contributed by atoms with van der Waals surface area (Å²) in [5.41, 5.74) is 1.25. The minimum atomic E-state index is -0.927. The molecule has 1 aliphatic heterocycles. The number of halogens is 1. The molecule has 0 aliphatic carbocycles. The number of rotatable bonds is 11. The Kier molecular flexibility index (Phi) is 8.77. The van der Waals surface area contributed by atoms with Gasteiger partial charge in [-0.25, -0.2) is 4.98 Å². The molecule has 1 aromatic heterocycles. The molecule has 0 unspecified atom stereocenters. The predicted octanol–water partition coefficient (Wildman–Crippen LogP) is 4.90. The van der Waals surface area contributed by atoms with Gasteiger partial charge in [0.25, 0.3) is 0 Å². The molecule has 0 saturated carbocycles. The fourth-order valence-electron chi connectivity index (χ4n) is 4.69. The number of imidazole rings is 1. The van der Waals surface area contributed by atoms with Gasteiger partial charge in [0.1, 0.15) is 30.4 Å². The Balaban J connectivity index is 1.33. The van der Waals surface area contributed by atoms with Crippen LogP contribution in [-0.4, -0.2) is 58.6 Å². The number of nitrogens with zero attached hydrogens (tertiary/aromatic N) is 3. The van der Waals surface area contributed by atoms with Crippen LogP contribution < -0.4 is 14.2 Å². The fourth-order valence-corrected chi connectivity index (χ4v) is 4.86. The number of methoxy groups -OCH3 is 1. The Hall–Kier alpha value is -2.74. The topological polar surface area (TPSA) is 69.0 Å². The molecule has 3 aromatic rings. The summed E-state index contributed by atoms with van der Waals surface area (Å²) in [6.45, 7) is 7.71. The predicted molar refractivity (Wildman–Crippen MR) is 141 cm³/mol. The first-order valence-corrected chi connectivity index (χ1v) is 12.9. The van der Waals surface area contributed by atoms with Gasteiger partial charge < -0.3 is 23.9 Å². The molecule has 0 spiro atoms. The van der Waals surface area contributed by atoms with Gasteiger partial charge in [-0.05, 0) is 61.7 Å². The first-order chi connectivity index (χ1) is 17.4. The van der Waals surface area contributed by atoms with Gasteiger partial charge in [0, 0.05) is 31.9 Å². The lowest BCUT2D eigenvalue weighted by atomic mass is 9.93. The molecular formula is C28H36ClN3O4. The maximum absolute atomic E-state index is 11.2. The van der Waals surface area contributed by atoms with Crippen LogP contribution in [0.3, 0.4) is 0 Å². The van der Waals surface area contributed by atoms with Crippen LogP contribution in [-0.2, 0) is 19.5 Å². The largest absolute Gasteiger partial charge is 0.493 e. The van der Waals surface area contributed by atoms with Crippen LogP contribution in [0.1, 0.15) is 36.7 Å². The highest BCUT2D eigenvalue weighted by Crippen LogP contribution is 2.31. The van der Waals surface area contributed by atoms with Crippen LogP contribution in [0.5, 0.6) is 17.2 Å². The third-order valence-electron chi connectivity index (χ3n) is 6.56. The number of aromatic nitrogens is 2. The van der Waals surface area contributed by atoms with E-state index in [1.807, 2.05) is 49.6 Å². The molecule has 1 fully saturated rings. The molecule has 36 heavy (non-hydrogen) atoms. The molecule has 1 atom stereocenters. The van der Waals surface area contributed by atoms with E-state index >= 15 is 0 Å². The Bertz CT molecular complexity index is 1150. The molecule has 2 aromatic carbocycles. The molecule has 1 aliphatic rings. The summed E-state index contributed by atoms with van der Waals surface area (Å²) in [6, 6.07) is 11.7. The van der Waals surface area contributed by atoms with Gasteiger partial charge in [0.2, 0.25) is 0 Å². The van der Waals surface area contributed by atoms with Crippen molar-refractivity contribution in [1.82, 2.24) is 14.5 Å².